The molecule has 1 heterocycles. The third kappa shape index (κ3) is 5.79. The highest BCUT2D eigenvalue weighted by atomic mass is 16.4. The summed E-state index contributed by atoms with van der Waals surface area (Å²) in [7, 11) is 0. The molecule has 1 aliphatic rings. The summed E-state index contributed by atoms with van der Waals surface area (Å²) in [5.74, 6) is -2.55. The van der Waals surface area contributed by atoms with E-state index in [1.54, 1.807) is 0 Å². The Hall–Kier alpha value is -2.62. The number of carboxylic acid groups (broad SMARTS) is 1. The van der Waals surface area contributed by atoms with Crippen molar-refractivity contribution in [1.82, 2.24) is 20.4 Å². The first-order valence-electron chi connectivity index (χ1n) is 6.46. The van der Waals surface area contributed by atoms with E-state index in [2.05, 4.69) is 10.6 Å². The molecule has 0 aromatic heterocycles. The number of amides is 3. The van der Waals surface area contributed by atoms with E-state index < -0.39 is 30.7 Å². The third-order valence-corrected chi connectivity index (χ3v) is 2.76. The molecule has 1 rings (SSSR count). The zero-order valence-corrected chi connectivity index (χ0v) is 12.0. The molecular formula is C12H18N4O6. The molecule has 0 saturated carbocycles. The Morgan fingerprint density at radius 1 is 1.45 bits per heavy atom. The van der Waals surface area contributed by atoms with Gasteiger partial charge in [-0.05, 0) is 0 Å². The van der Waals surface area contributed by atoms with Gasteiger partial charge in [0.2, 0.25) is 24.1 Å². The highest BCUT2D eigenvalue weighted by Gasteiger charge is 2.24. The van der Waals surface area contributed by atoms with Crippen LogP contribution >= 0.6 is 0 Å². The fourth-order valence-electron chi connectivity index (χ4n) is 1.72. The zero-order chi connectivity index (χ0) is 16.7. The van der Waals surface area contributed by atoms with Gasteiger partial charge in [-0.25, -0.2) is 0 Å². The van der Waals surface area contributed by atoms with Crippen LogP contribution in [-0.4, -0.2) is 76.2 Å². The molecule has 1 aliphatic heterocycles. The first-order valence-corrected chi connectivity index (χ1v) is 6.46. The molecular weight excluding hydrogens is 296 g/mol. The van der Waals surface area contributed by atoms with Crippen LogP contribution in [0.3, 0.4) is 0 Å². The lowest BCUT2D eigenvalue weighted by Gasteiger charge is -2.31. The van der Waals surface area contributed by atoms with Crippen LogP contribution in [0.25, 0.3) is 0 Å². The molecule has 1 unspecified atom stereocenters. The maximum atomic E-state index is 12.1. The van der Waals surface area contributed by atoms with E-state index in [-0.39, 0.29) is 25.5 Å². The molecule has 0 aromatic rings. The van der Waals surface area contributed by atoms with Crippen molar-refractivity contribution < 1.29 is 29.4 Å². The lowest BCUT2D eigenvalue weighted by Crippen LogP contribution is -2.52. The minimum Gasteiger partial charge on any atom is -0.480 e. The molecule has 4 N–H and O–H groups in total. The summed E-state index contributed by atoms with van der Waals surface area (Å²) < 4.78 is 0. The highest BCUT2D eigenvalue weighted by Crippen LogP contribution is 2.02. The summed E-state index contributed by atoms with van der Waals surface area (Å²) in [5, 5.41) is 23.1. The number of carbonyl (C=O) groups is 4. The average molecular weight is 314 g/mol. The van der Waals surface area contributed by atoms with Gasteiger partial charge in [-0.2, -0.15) is 0 Å². The molecule has 0 saturated heterocycles. The van der Waals surface area contributed by atoms with Crippen LogP contribution < -0.4 is 10.6 Å². The van der Waals surface area contributed by atoms with Gasteiger partial charge in [0.1, 0.15) is 13.1 Å². The molecule has 1 atom stereocenters. The first kappa shape index (κ1) is 17.4. The van der Waals surface area contributed by atoms with Crippen LogP contribution in [0.4, 0.5) is 0 Å². The number of hydrogen-bond acceptors (Lipinski definition) is 6. The van der Waals surface area contributed by atoms with E-state index >= 15 is 0 Å². The Morgan fingerprint density at radius 3 is 2.68 bits per heavy atom. The van der Waals surface area contributed by atoms with Gasteiger partial charge in [0.05, 0.1) is 0 Å². The molecule has 10 nitrogen and oxygen atoms in total. The number of nitrogens with zero attached hydrogens (tertiary/aromatic N) is 2. The van der Waals surface area contributed by atoms with Crippen molar-refractivity contribution in [3.63, 3.8) is 0 Å². The number of aliphatic hydroxyl groups is 1. The Morgan fingerprint density at radius 2 is 2.14 bits per heavy atom. The zero-order valence-electron chi connectivity index (χ0n) is 12.0. The fourth-order valence-corrected chi connectivity index (χ4v) is 1.72. The maximum absolute atomic E-state index is 12.1. The monoisotopic (exact) mass is 314 g/mol. The highest BCUT2D eigenvalue weighted by molar-refractivity contribution is 5.88. The number of nitrogens with one attached hydrogen (secondary N) is 2. The van der Waals surface area contributed by atoms with Gasteiger partial charge in [-0.1, -0.05) is 0 Å². The second kappa shape index (κ2) is 7.98. The van der Waals surface area contributed by atoms with Crippen LogP contribution in [0.2, 0.25) is 0 Å². The maximum Gasteiger partial charge on any atom is 0.323 e. The largest absolute Gasteiger partial charge is 0.480 e. The van der Waals surface area contributed by atoms with E-state index in [9.17, 15) is 24.3 Å². The summed E-state index contributed by atoms with van der Waals surface area (Å²) in [6.45, 7) is 0.596. The van der Waals surface area contributed by atoms with Crippen molar-refractivity contribution in [2.75, 3.05) is 26.2 Å². The Balaban J connectivity index is 2.62. The Labute approximate surface area is 126 Å². The quantitative estimate of drug-likeness (QED) is 0.399. The SMILES string of the molecule is CC(=O)NCCN(CC(=O)O)C(=O)CN1C=CC(=O)NC1O. The molecule has 0 radical (unpaired) electrons. The van der Waals surface area contributed by atoms with Crippen LogP contribution in [-0.2, 0) is 19.2 Å². The molecule has 0 aliphatic carbocycles. The van der Waals surface area contributed by atoms with Gasteiger partial charge in [0.25, 0.3) is 0 Å². The minimum absolute atomic E-state index is 0.0186. The van der Waals surface area contributed by atoms with Gasteiger partial charge >= 0.3 is 5.97 Å². The molecule has 0 bridgehead atoms. The van der Waals surface area contributed by atoms with E-state index in [1.165, 1.54) is 13.1 Å². The molecule has 0 aromatic carbocycles. The topological polar surface area (TPSA) is 139 Å². The van der Waals surface area contributed by atoms with Crippen LogP contribution in [0.15, 0.2) is 12.3 Å². The first-order chi connectivity index (χ1) is 10.3. The molecule has 122 valence electrons. The lowest BCUT2D eigenvalue weighted by atomic mass is 10.3. The molecule has 3 amide bonds. The standard InChI is InChI=1S/C12H18N4O6/c1-8(17)13-3-5-15(7-11(20)21)10(19)6-16-4-2-9(18)14-12(16)22/h2,4,12,22H,3,5-7H2,1H3,(H,13,17)(H,14,18)(H,20,21). The van der Waals surface area contributed by atoms with Crippen molar-refractivity contribution in [2.45, 2.75) is 13.3 Å². The van der Waals surface area contributed by atoms with E-state index in [4.69, 9.17) is 5.11 Å². The second-order valence-corrected chi connectivity index (χ2v) is 4.56. The van der Waals surface area contributed by atoms with Gasteiger partial charge in [-0.3, -0.25) is 19.2 Å². The summed E-state index contributed by atoms with van der Waals surface area (Å²) in [6, 6.07) is 0. The number of hydrogen-bond donors (Lipinski definition) is 4. The van der Waals surface area contributed by atoms with Crippen LogP contribution in [0.1, 0.15) is 6.92 Å². The van der Waals surface area contributed by atoms with Crippen LogP contribution in [0.5, 0.6) is 0 Å². The molecule has 0 spiro atoms. The summed E-state index contributed by atoms with van der Waals surface area (Å²) in [4.78, 5) is 46.9. The molecule has 22 heavy (non-hydrogen) atoms. The van der Waals surface area contributed by atoms with Crippen molar-refractivity contribution in [1.29, 1.82) is 0 Å². The van der Waals surface area contributed by atoms with Gasteiger partial charge in [-0.15, -0.1) is 0 Å². The van der Waals surface area contributed by atoms with Crippen molar-refractivity contribution in [2.24, 2.45) is 0 Å². The number of carbonyl (C=O) groups excluding carboxylic acids is 3. The third-order valence-electron chi connectivity index (χ3n) is 2.76. The normalized spacial score (nSPS) is 16.9. The molecule has 10 heteroatoms. The van der Waals surface area contributed by atoms with Crippen molar-refractivity contribution >= 4 is 23.7 Å². The number of rotatable bonds is 7. The van der Waals surface area contributed by atoms with Gasteiger partial charge in [0, 0.05) is 32.3 Å². The fraction of sp³-hybridized carbons (Fsp3) is 0.500. The number of carboxylic acids is 1. The van der Waals surface area contributed by atoms with Gasteiger partial charge in [0.15, 0.2) is 0 Å². The summed E-state index contributed by atoms with van der Waals surface area (Å²) in [5.41, 5.74) is 0. The van der Waals surface area contributed by atoms with Crippen LogP contribution in [0, 0.1) is 0 Å². The van der Waals surface area contributed by atoms with E-state index in [0.717, 1.165) is 15.9 Å². The Kier molecular flexibility index (Phi) is 6.32. The predicted molar refractivity (Wildman–Crippen MR) is 72.9 cm³/mol. The van der Waals surface area contributed by atoms with Crippen molar-refractivity contribution in [3.8, 4) is 0 Å². The number of aliphatic hydroxyl groups excluding tert-OH is 1. The summed E-state index contributed by atoms with van der Waals surface area (Å²) >= 11 is 0. The average Bonchev–Trinajstić information content (AvgIpc) is 2.40. The lowest BCUT2D eigenvalue weighted by molar-refractivity contribution is -0.146. The summed E-state index contributed by atoms with van der Waals surface area (Å²) in [6.07, 6.45) is 1.02. The van der Waals surface area contributed by atoms with Gasteiger partial charge < -0.3 is 30.6 Å². The smallest absolute Gasteiger partial charge is 0.323 e. The second-order valence-electron chi connectivity index (χ2n) is 4.56. The Bertz CT molecular complexity index is 492. The predicted octanol–water partition coefficient (Wildman–Crippen LogP) is -2.74. The van der Waals surface area contributed by atoms with Crippen molar-refractivity contribution in [3.05, 3.63) is 12.3 Å². The minimum atomic E-state index is -1.36. The van der Waals surface area contributed by atoms with E-state index in [1.807, 2.05) is 0 Å². The van der Waals surface area contributed by atoms with E-state index in [0.29, 0.717) is 0 Å². The number of aliphatic carboxylic acids is 1. The molecule has 0 fully saturated rings.